The number of rotatable bonds is 6. The van der Waals surface area contributed by atoms with Crippen LogP contribution in [0.3, 0.4) is 0 Å². The van der Waals surface area contributed by atoms with Crippen LogP contribution in [0.5, 0.6) is 0 Å². The first kappa shape index (κ1) is 12.8. The molecule has 1 aliphatic rings. The molecule has 1 aromatic heterocycles. The predicted octanol–water partition coefficient (Wildman–Crippen LogP) is 3.57. The maximum absolute atomic E-state index is 5.74. The molecule has 1 aliphatic carbocycles. The van der Waals surface area contributed by atoms with Gasteiger partial charge < -0.3 is 9.73 Å². The van der Waals surface area contributed by atoms with Gasteiger partial charge in [0.2, 0.25) is 0 Å². The molecule has 1 heterocycles. The highest BCUT2D eigenvalue weighted by Crippen LogP contribution is 2.34. The Morgan fingerprint density at radius 2 is 2.05 bits per heavy atom. The Bertz CT molecular complexity index is 549. The van der Waals surface area contributed by atoms with Crippen molar-refractivity contribution in [2.24, 2.45) is 0 Å². The molecular weight excluding hydrogens is 254 g/mol. The van der Waals surface area contributed by atoms with Gasteiger partial charge in [0.25, 0.3) is 0 Å². The zero-order valence-electron chi connectivity index (χ0n) is 11.2. The lowest BCUT2D eigenvalue weighted by atomic mass is 9.77. The van der Waals surface area contributed by atoms with Crippen LogP contribution in [0.4, 0.5) is 0 Å². The highest BCUT2D eigenvalue weighted by molar-refractivity contribution is 7.97. The van der Waals surface area contributed by atoms with E-state index in [1.807, 2.05) is 0 Å². The van der Waals surface area contributed by atoms with Crippen molar-refractivity contribution in [3.63, 3.8) is 0 Å². The molecule has 0 fully saturated rings. The molecule has 1 N–H and O–H groups in total. The van der Waals surface area contributed by atoms with Crippen LogP contribution in [0, 0.1) is 0 Å². The first-order chi connectivity index (χ1) is 9.36. The van der Waals surface area contributed by atoms with Crippen LogP contribution in [0.25, 0.3) is 0 Å². The third-order valence-corrected chi connectivity index (χ3v) is 4.23. The van der Waals surface area contributed by atoms with E-state index in [1.54, 1.807) is 11.8 Å². The molecule has 3 heteroatoms. The highest BCUT2D eigenvalue weighted by Gasteiger charge is 2.24. The minimum atomic E-state index is 0.678. The van der Waals surface area contributed by atoms with Crippen LogP contribution in [0.15, 0.2) is 40.8 Å². The van der Waals surface area contributed by atoms with Crippen molar-refractivity contribution in [1.82, 2.24) is 5.32 Å². The third kappa shape index (κ3) is 2.88. The average Bonchev–Trinajstić information content (AvgIpc) is 2.83. The molecule has 0 amide bonds. The van der Waals surface area contributed by atoms with E-state index in [-0.39, 0.29) is 0 Å². The van der Waals surface area contributed by atoms with Crippen molar-refractivity contribution < 1.29 is 4.42 Å². The summed E-state index contributed by atoms with van der Waals surface area (Å²) >= 11 is 1.79. The lowest BCUT2D eigenvalue weighted by Gasteiger charge is -2.30. The van der Waals surface area contributed by atoms with E-state index in [1.165, 1.54) is 17.5 Å². The van der Waals surface area contributed by atoms with Crippen molar-refractivity contribution in [1.29, 1.82) is 0 Å². The third-order valence-electron chi connectivity index (χ3n) is 3.66. The average molecular weight is 273 g/mol. The number of hydrogen-bond acceptors (Lipinski definition) is 3. The number of furan rings is 1. The molecular formula is C16H19NOS. The van der Waals surface area contributed by atoms with Crippen LogP contribution in [0.2, 0.25) is 0 Å². The maximum atomic E-state index is 5.74. The monoisotopic (exact) mass is 273 g/mol. The van der Waals surface area contributed by atoms with Crippen molar-refractivity contribution in [2.75, 3.05) is 12.8 Å². The van der Waals surface area contributed by atoms with E-state index in [0.717, 1.165) is 30.4 Å². The molecule has 0 spiro atoms. The van der Waals surface area contributed by atoms with E-state index in [2.05, 4.69) is 48.0 Å². The van der Waals surface area contributed by atoms with E-state index in [0.29, 0.717) is 5.92 Å². The first-order valence-corrected chi connectivity index (χ1v) is 8.11. The summed E-state index contributed by atoms with van der Waals surface area (Å²) in [7, 11) is 0. The normalized spacial score (nSPS) is 17.0. The van der Waals surface area contributed by atoms with Gasteiger partial charge in [0.05, 0.1) is 12.3 Å². The molecule has 0 aliphatic heterocycles. The molecule has 2 nitrogen and oxygen atoms in total. The number of benzene rings is 1. The summed E-state index contributed by atoms with van der Waals surface area (Å²) in [6, 6.07) is 12.9. The molecule has 2 aromatic rings. The summed E-state index contributed by atoms with van der Waals surface area (Å²) in [5.74, 6) is 3.74. The predicted molar refractivity (Wildman–Crippen MR) is 80.5 cm³/mol. The minimum Gasteiger partial charge on any atom is -0.464 e. The van der Waals surface area contributed by atoms with Gasteiger partial charge in [-0.1, -0.05) is 24.3 Å². The molecule has 3 rings (SSSR count). The molecule has 100 valence electrons. The van der Waals surface area contributed by atoms with Gasteiger partial charge in [-0.15, -0.1) is 0 Å². The topological polar surface area (TPSA) is 25.2 Å². The molecule has 0 saturated heterocycles. The summed E-state index contributed by atoms with van der Waals surface area (Å²) < 4.78 is 5.74. The van der Waals surface area contributed by atoms with Crippen molar-refractivity contribution in [3.05, 3.63) is 59.0 Å². The van der Waals surface area contributed by atoms with Crippen LogP contribution in [0.1, 0.15) is 28.6 Å². The summed E-state index contributed by atoms with van der Waals surface area (Å²) in [6.45, 7) is 1.86. The molecule has 0 radical (unpaired) electrons. The molecule has 0 saturated carbocycles. The van der Waals surface area contributed by atoms with Crippen LogP contribution >= 0.6 is 11.8 Å². The highest BCUT2D eigenvalue weighted by atomic mass is 32.2. The summed E-state index contributed by atoms with van der Waals surface area (Å²) in [5, 5.41) is 3.50. The van der Waals surface area contributed by atoms with Gasteiger partial charge >= 0.3 is 0 Å². The van der Waals surface area contributed by atoms with Gasteiger partial charge in [0.1, 0.15) is 11.5 Å². The second kappa shape index (κ2) is 5.85. The lowest BCUT2D eigenvalue weighted by molar-refractivity contribution is 0.445. The smallest absolute Gasteiger partial charge is 0.118 e. The Morgan fingerprint density at radius 3 is 2.89 bits per heavy atom. The Balaban J connectivity index is 1.46. The zero-order chi connectivity index (χ0) is 13.1. The number of thioether (sulfide) groups is 1. The summed E-state index contributed by atoms with van der Waals surface area (Å²) in [6.07, 6.45) is 3.30. The summed E-state index contributed by atoms with van der Waals surface area (Å²) in [5.41, 5.74) is 3.02. The fourth-order valence-electron chi connectivity index (χ4n) is 2.65. The largest absolute Gasteiger partial charge is 0.464 e. The quantitative estimate of drug-likeness (QED) is 0.871. The minimum absolute atomic E-state index is 0.678. The fraction of sp³-hybridized carbons (Fsp3) is 0.375. The Morgan fingerprint density at radius 1 is 1.21 bits per heavy atom. The van der Waals surface area contributed by atoms with Crippen molar-refractivity contribution in [3.8, 4) is 0 Å². The van der Waals surface area contributed by atoms with Crippen LogP contribution in [-0.2, 0) is 18.7 Å². The first-order valence-electron chi connectivity index (χ1n) is 6.72. The van der Waals surface area contributed by atoms with Crippen LogP contribution in [-0.4, -0.2) is 12.8 Å². The van der Waals surface area contributed by atoms with Crippen molar-refractivity contribution in [2.45, 2.75) is 24.6 Å². The van der Waals surface area contributed by atoms with Gasteiger partial charge in [0.15, 0.2) is 0 Å². The van der Waals surface area contributed by atoms with E-state index in [9.17, 15) is 0 Å². The van der Waals surface area contributed by atoms with E-state index in [4.69, 9.17) is 4.42 Å². The number of fused-ring (bicyclic) bond motifs is 1. The van der Waals surface area contributed by atoms with Gasteiger partial charge in [-0.2, -0.15) is 11.8 Å². The van der Waals surface area contributed by atoms with Crippen LogP contribution < -0.4 is 5.32 Å². The Labute approximate surface area is 118 Å². The standard InChI is InChI=1S/C16H19NOS/c1-19-11-15-7-6-14(18-15)10-17-9-13-8-12-4-2-3-5-16(12)13/h2-7,13,17H,8-11H2,1H3. The SMILES string of the molecule is CSCc1ccc(CNCC2Cc3ccccc32)o1. The lowest BCUT2D eigenvalue weighted by Crippen LogP contribution is -2.28. The van der Waals surface area contributed by atoms with E-state index < -0.39 is 0 Å². The molecule has 19 heavy (non-hydrogen) atoms. The van der Waals surface area contributed by atoms with Gasteiger partial charge in [-0.3, -0.25) is 0 Å². The zero-order valence-corrected chi connectivity index (χ0v) is 12.0. The maximum Gasteiger partial charge on any atom is 0.118 e. The molecule has 1 atom stereocenters. The molecule has 0 bridgehead atoms. The number of nitrogens with one attached hydrogen (secondary N) is 1. The second-order valence-electron chi connectivity index (χ2n) is 5.03. The molecule has 1 unspecified atom stereocenters. The van der Waals surface area contributed by atoms with Crippen molar-refractivity contribution >= 4 is 11.8 Å². The molecule has 1 aromatic carbocycles. The van der Waals surface area contributed by atoms with E-state index >= 15 is 0 Å². The van der Waals surface area contributed by atoms with Gasteiger partial charge in [-0.25, -0.2) is 0 Å². The Kier molecular flexibility index (Phi) is 3.95. The second-order valence-corrected chi connectivity index (χ2v) is 5.90. The van der Waals surface area contributed by atoms with Gasteiger partial charge in [0, 0.05) is 12.5 Å². The fourth-order valence-corrected chi connectivity index (χ4v) is 3.09. The Hall–Kier alpha value is -1.19. The summed E-state index contributed by atoms with van der Waals surface area (Å²) in [4.78, 5) is 0. The number of hydrogen-bond donors (Lipinski definition) is 1. The van der Waals surface area contributed by atoms with Gasteiger partial charge in [-0.05, 0) is 35.9 Å².